The summed E-state index contributed by atoms with van der Waals surface area (Å²) in [4.78, 5) is 87.9. The lowest BCUT2D eigenvalue weighted by atomic mass is 9.86. The zero-order valence-corrected chi connectivity index (χ0v) is 29.0. The van der Waals surface area contributed by atoms with Crippen molar-refractivity contribution in [3.05, 3.63) is 29.8 Å². The average Bonchev–Trinajstić information content (AvgIpc) is 3.25. The van der Waals surface area contributed by atoms with Crippen LogP contribution in [0.1, 0.15) is 85.1 Å². The molecule has 0 aromatic heterocycles. The molecule has 48 heavy (non-hydrogen) atoms. The van der Waals surface area contributed by atoms with Gasteiger partial charge < -0.3 is 31.7 Å². The number of unbranched alkanes of at least 4 members (excludes halogenated alkanes) is 2. The second-order valence-corrected chi connectivity index (χ2v) is 13.6. The summed E-state index contributed by atoms with van der Waals surface area (Å²) in [6.07, 6.45) is 2.63. The summed E-state index contributed by atoms with van der Waals surface area (Å²) in [6, 6.07) is 4.14. The number of esters is 1. The van der Waals surface area contributed by atoms with Crippen LogP contribution in [0.4, 0.5) is 10.5 Å². The van der Waals surface area contributed by atoms with Crippen molar-refractivity contribution < 1.29 is 38.3 Å². The first kappa shape index (κ1) is 39.8. The molecule has 0 radical (unpaired) electrons. The summed E-state index contributed by atoms with van der Waals surface area (Å²) in [5.74, 6) is -2.59. The van der Waals surface area contributed by atoms with Crippen molar-refractivity contribution in [1.82, 2.24) is 20.9 Å². The van der Waals surface area contributed by atoms with Gasteiger partial charge in [-0.05, 0) is 70.1 Å². The number of amides is 7. The van der Waals surface area contributed by atoms with Gasteiger partial charge in [0.1, 0.15) is 26.5 Å². The molecule has 6 N–H and O–H groups in total. The van der Waals surface area contributed by atoms with Crippen molar-refractivity contribution in [2.24, 2.45) is 17.1 Å². The normalized spacial score (nSPS) is 15.9. The SMILES string of the molecule is BC1CC(=O)N(CCCCCC(=O)N[C@H](C(=O)NC(CCCNC(N)=O)C(=O)Nc2ccc(COC(=O)C(C)(C)C)cc2)C(C)C)C1=O. The van der Waals surface area contributed by atoms with E-state index in [1.54, 1.807) is 66.7 Å². The third-order valence-corrected chi connectivity index (χ3v) is 7.83. The zero-order valence-electron chi connectivity index (χ0n) is 29.0. The van der Waals surface area contributed by atoms with Crippen molar-refractivity contribution in [2.45, 2.75) is 104 Å². The molecule has 2 unspecified atom stereocenters. The molecular weight excluding hydrogens is 619 g/mol. The van der Waals surface area contributed by atoms with Crippen LogP contribution in [0.15, 0.2) is 24.3 Å². The number of ether oxygens (including phenoxy) is 1. The van der Waals surface area contributed by atoms with Crippen LogP contribution >= 0.6 is 0 Å². The molecule has 1 aliphatic rings. The van der Waals surface area contributed by atoms with E-state index in [1.165, 1.54) is 4.90 Å². The van der Waals surface area contributed by atoms with Gasteiger partial charge in [0.2, 0.25) is 29.5 Å². The molecule has 1 fully saturated rings. The average molecular weight is 671 g/mol. The Morgan fingerprint density at radius 3 is 2.21 bits per heavy atom. The Morgan fingerprint density at radius 1 is 0.979 bits per heavy atom. The number of likely N-dealkylation sites (tertiary alicyclic amines) is 1. The maximum absolute atomic E-state index is 13.4. The number of nitrogens with zero attached hydrogens (tertiary/aromatic N) is 1. The highest BCUT2D eigenvalue weighted by Crippen LogP contribution is 2.22. The Labute approximate surface area is 283 Å². The van der Waals surface area contributed by atoms with Crippen LogP contribution in [-0.2, 0) is 40.1 Å². The number of carbonyl (C=O) groups is 7. The summed E-state index contributed by atoms with van der Waals surface area (Å²) < 4.78 is 5.33. The Balaban J connectivity index is 1.95. The lowest BCUT2D eigenvalue weighted by molar-refractivity contribution is -0.154. The number of anilines is 1. The van der Waals surface area contributed by atoms with Crippen LogP contribution in [0.5, 0.6) is 0 Å². The highest BCUT2D eigenvalue weighted by molar-refractivity contribution is 6.29. The quantitative estimate of drug-likeness (QED) is 0.0669. The van der Waals surface area contributed by atoms with Crippen LogP contribution in [0.2, 0.25) is 5.82 Å². The lowest BCUT2D eigenvalue weighted by Gasteiger charge is -2.25. The van der Waals surface area contributed by atoms with Gasteiger partial charge >= 0.3 is 12.0 Å². The number of rotatable bonds is 18. The minimum atomic E-state index is -0.989. The van der Waals surface area contributed by atoms with Gasteiger partial charge in [-0.3, -0.25) is 33.7 Å². The molecule has 7 amide bonds. The van der Waals surface area contributed by atoms with Gasteiger partial charge in [-0.1, -0.05) is 32.4 Å². The van der Waals surface area contributed by atoms with Crippen LogP contribution in [0.3, 0.4) is 0 Å². The van der Waals surface area contributed by atoms with Gasteiger partial charge in [0.15, 0.2) is 0 Å². The second-order valence-electron chi connectivity index (χ2n) is 13.6. The van der Waals surface area contributed by atoms with Crippen molar-refractivity contribution in [3.63, 3.8) is 0 Å². The number of benzene rings is 1. The van der Waals surface area contributed by atoms with E-state index in [4.69, 9.17) is 10.5 Å². The minimum absolute atomic E-state index is 0.0815. The van der Waals surface area contributed by atoms with E-state index in [9.17, 15) is 33.6 Å². The molecule has 1 aromatic carbocycles. The van der Waals surface area contributed by atoms with Gasteiger partial charge in [0.25, 0.3) is 0 Å². The van der Waals surface area contributed by atoms with E-state index in [0.717, 1.165) is 5.56 Å². The predicted molar refractivity (Wildman–Crippen MR) is 182 cm³/mol. The molecule has 1 aromatic rings. The number of carbonyl (C=O) groups excluding carboxylic acids is 7. The first-order chi connectivity index (χ1) is 22.5. The molecule has 0 spiro atoms. The van der Waals surface area contributed by atoms with E-state index in [2.05, 4.69) is 21.3 Å². The highest BCUT2D eigenvalue weighted by atomic mass is 16.5. The molecule has 15 heteroatoms. The third-order valence-electron chi connectivity index (χ3n) is 7.83. The first-order valence-corrected chi connectivity index (χ1v) is 16.5. The van der Waals surface area contributed by atoms with E-state index in [1.807, 2.05) is 0 Å². The zero-order chi connectivity index (χ0) is 36.0. The van der Waals surface area contributed by atoms with Gasteiger partial charge in [0.05, 0.1) is 5.41 Å². The van der Waals surface area contributed by atoms with E-state index < -0.39 is 35.3 Å². The molecule has 264 valence electrons. The minimum Gasteiger partial charge on any atom is -0.460 e. The number of hydrogen-bond acceptors (Lipinski definition) is 8. The number of urea groups is 1. The van der Waals surface area contributed by atoms with Crippen LogP contribution in [0, 0.1) is 11.3 Å². The number of hydrogen-bond donors (Lipinski definition) is 5. The number of nitrogens with two attached hydrogens (primary N) is 1. The Morgan fingerprint density at radius 2 is 1.65 bits per heavy atom. The van der Waals surface area contributed by atoms with Gasteiger partial charge in [-0.2, -0.15) is 0 Å². The predicted octanol–water partition coefficient (Wildman–Crippen LogP) is 1.53. The number of imide groups is 1. The van der Waals surface area contributed by atoms with Crippen molar-refractivity contribution >= 4 is 55.1 Å². The summed E-state index contributed by atoms with van der Waals surface area (Å²) in [7, 11) is 1.73. The maximum atomic E-state index is 13.4. The van der Waals surface area contributed by atoms with E-state index in [0.29, 0.717) is 37.9 Å². The smallest absolute Gasteiger partial charge is 0.312 e. The summed E-state index contributed by atoms with van der Waals surface area (Å²) in [5.41, 5.74) is 5.71. The van der Waals surface area contributed by atoms with Crippen molar-refractivity contribution in [1.29, 1.82) is 0 Å². The molecule has 1 heterocycles. The Kier molecular flexibility index (Phi) is 15.6. The topological polar surface area (TPSA) is 206 Å². The van der Waals surface area contributed by atoms with Crippen LogP contribution in [0.25, 0.3) is 0 Å². The summed E-state index contributed by atoms with van der Waals surface area (Å²) in [6.45, 7) is 9.46. The number of primary amides is 1. The Bertz CT molecular complexity index is 1310. The van der Waals surface area contributed by atoms with Gasteiger partial charge in [-0.15, -0.1) is 0 Å². The van der Waals surface area contributed by atoms with Gasteiger partial charge in [-0.25, -0.2) is 4.79 Å². The molecular formula is C33H51BN6O8. The molecule has 14 nitrogen and oxygen atoms in total. The van der Waals surface area contributed by atoms with Crippen LogP contribution < -0.4 is 27.0 Å². The van der Waals surface area contributed by atoms with E-state index in [-0.39, 0.29) is 67.8 Å². The summed E-state index contributed by atoms with van der Waals surface area (Å²) in [5, 5.41) is 10.8. The largest absolute Gasteiger partial charge is 0.460 e. The fourth-order valence-electron chi connectivity index (χ4n) is 4.92. The molecule has 0 bridgehead atoms. The highest BCUT2D eigenvalue weighted by Gasteiger charge is 2.34. The third kappa shape index (κ3) is 13.4. The molecule has 3 atom stereocenters. The first-order valence-electron chi connectivity index (χ1n) is 16.5. The maximum Gasteiger partial charge on any atom is 0.312 e. The van der Waals surface area contributed by atoms with E-state index >= 15 is 0 Å². The summed E-state index contributed by atoms with van der Waals surface area (Å²) >= 11 is 0. The molecule has 1 saturated heterocycles. The Hall–Kier alpha value is -4.43. The molecule has 1 aliphatic heterocycles. The van der Waals surface area contributed by atoms with Crippen molar-refractivity contribution in [2.75, 3.05) is 18.4 Å². The molecule has 0 saturated carbocycles. The molecule has 2 rings (SSSR count). The second kappa shape index (κ2) is 18.8. The molecule has 0 aliphatic carbocycles. The van der Waals surface area contributed by atoms with Crippen molar-refractivity contribution in [3.8, 4) is 0 Å². The van der Waals surface area contributed by atoms with Gasteiger partial charge in [0, 0.05) is 37.4 Å². The fourth-order valence-corrected chi connectivity index (χ4v) is 4.92. The fraction of sp³-hybridized carbons (Fsp3) is 0.606. The lowest BCUT2D eigenvalue weighted by Crippen LogP contribution is -2.54. The monoisotopic (exact) mass is 670 g/mol. The van der Waals surface area contributed by atoms with Crippen LogP contribution in [-0.4, -0.2) is 79.5 Å². The number of nitrogens with one attached hydrogen (secondary N) is 4. The standard InChI is InChI=1S/C33H51BN6O8/c1-20(2)27(39-25(41)11-7-6-8-17-40-26(42)18-23(34)30(40)45)29(44)38-24(10-9-16-36-32(35)47)28(43)37-22-14-12-21(13-15-22)19-48-31(46)33(3,4)5/h12-15,20,23-24,27H,6-11,16-19,34H2,1-5H3,(H,37,43)(H,38,44)(H,39,41)(H3,35,36,47)/t23?,24?,27-/m0/s1.